The number of benzene rings is 1. The van der Waals surface area contributed by atoms with Crippen LogP contribution in [0.3, 0.4) is 0 Å². The molecule has 0 fully saturated rings. The van der Waals surface area contributed by atoms with Crippen LogP contribution in [0.15, 0.2) is 60.9 Å². The maximum atomic E-state index is 13.3. The van der Waals surface area contributed by atoms with Crippen LogP contribution in [0.5, 0.6) is 0 Å². The summed E-state index contributed by atoms with van der Waals surface area (Å²) in [6, 6.07) is 13.6. The van der Waals surface area contributed by atoms with Crippen molar-refractivity contribution in [3.05, 3.63) is 78.2 Å². The Balaban J connectivity index is 2.06. The van der Waals surface area contributed by atoms with E-state index in [1.165, 1.54) is 12.1 Å². The minimum atomic E-state index is -0.295. The molecule has 0 atom stereocenters. The minimum absolute atomic E-state index is 0.295. The van der Waals surface area contributed by atoms with Crippen LogP contribution < -0.4 is 0 Å². The molecule has 0 bridgehead atoms. The summed E-state index contributed by atoms with van der Waals surface area (Å²) in [5.74, 6) is 0.0268. The fourth-order valence-corrected chi connectivity index (χ4v) is 2.74. The third kappa shape index (κ3) is 2.31. The Kier molecular flexibility index (Phi) is 3.29. The number of H-pyrrole nitrogens is 1. The van der Waals surface area contributed by atoms with E-state index in [9.17, 15) is 4.39 Å². The third-order valence-corrected chi connectivity index (χ3v) is 3.82. The van der Waals surface area contributed by atoms with Crippen molar-refractivity contribution in [1.82, 2.24) is 15.0 Å². The summed E-state index contributed by atoms with van der Waals surface area (Å²) in [5.41, 5.74) is 4.92. The van der Waals surface area contributed by atoms with Gasteiger partial charge in [-0.2, -0.15) is 0 Å². The Hall–Kier alpha value is -3.52. The number of aromatic nitrogens is 3. The molecule has 0 spiro atoms. The first-order valence-corrected chi connectivity index (χ1v) is 7.33. The van der Waals surface area contributed by atoms with Gasteiger partial charge in [0.25, 0.3) is 5.82 Å². The van der Waals surface area contributed by atoms with Crippen molar-refractivity contribution in [1.29, 1.82) is 0 Å². The van der Waals surface area contributed by atoms with Crippen molar-refractivity contribution >= 4 is 16.9 Å². The van der Waals surface area contributed by atoms with E-state index in [2.05, 4.69) is 19.8 Å². The van der Waals surface area contributed by atoms with E-state index in [1.54, 1.807) is 30.6 Å². The number of pyridine rings is 2. The standard InChI is InChI=1S/C19H11FN4/c1-21-16-9-8-15-19(24-16)17(12-4-6-14(20)7-5-12)18(23-15)13-3-2-10-22-11-13/h2-11,23H. The zero-order valence-corrected chi connectivity index (χ0v) is 12.5. The number of nitrogens with one attached hydrogen (secondary N) is 1. The molecule has 0 aliphatic heterocycles. The Morgan fingerprint density at radius 2 is 1.83 bits per heavy atom. The van der Waals surface area contributed by atoms with Gasteiger partial charge >= 0.3 is 0 Å². The first kappa shape index (κ1) is 14.1. The molecule has 5 heteroatoms. The summed E-state index contributed by atoms with van der Waals surface area (Å²) in [4.78, 5) is 15.4. The lowest BCUT2D eigenvalue weighted by Gasteiger charge is -2.04. The molecular weight excluding hydrogens is 303 g/mol. The van der Waals surface area contributed by atoms with E-state index in [0.717, 1.165) is 27.9 Å². The van der Waals surface area contributed by atoms with Gasteiger partial charge in [0.05, 0.1) is 16.8 Å². The molecule has 0 aliphatic rings. The number of nitrogens with zero attached hydrogens (tertiary/aromatic N) is 3. The van der Waals surface area contributed by atoms with Crippen LogP contribution in [-0.2, 0) is 0 Å². The summed E-state index contributed by atoms with van der Waals surface area (Å²) in [7, 11) is 0. The van der Waals surface area contributed by atoms with Gasteiger partial charge in [-0.3, -0.25) is 4.98 Å². The van der Waals surface area contributed by atoms with Crippen molar-refractivity contribution in [3.63, 3.8) is 0 Å². The molecule has 4 aromatic rings. The van der Waals surface area contributed by atoms with E-state index in [0.29, 0.717) is 11.3 Å². The average molecular weight is 314 g/mol. The van der Waals surface area contributed by atoms with Gasteiger partial charge in [0.1, 0.15) is 5.82 Å². The lowest BCUT2D eigenvalue weighted by molar-refractivity contribution is 0.628. The summed E-state index contributed by atoms with van der Waals surface area (Å²) in [6.07, 6.45) is 3.46. The second-order valence-electron chi connectivity index (χ2n) is 5.30. The lowest BCUT2D eigenvalue weighted by Crippen LogP contribution is -1.85. The van der Waals surface area contributed by atoms with Gasteiger partial charge in [-0.25, -0.2) is 4.39 Å². The smallest absolute Gasteiger partial charge is 0.270 e. The summed E-state index contributed by atoms with van der Waals surface area (Å²) >= 11 is 0. The summed E-state index contributed by atoms with van der Waals surface area (Å²) in [6.45, 7) is 7.19. The second kappa shape index (κ2) is 5.60. The van der Waals surface area contributed by atoms with Crippen LogP contribution >= 0.6 is 0 Å². The molecular formula is C19H11FN4. The quantitative estimate of drug-likeness (QED) is 0.530. The van der Waals surface area contributed by atoms with Crippen LogP contribution in [0.2, 0.25) is 0 Å². The van der Waals surface area contributed by atoms with Gasteiger partial charge in [0, 0.05) is 18.0 Å². The lowest BCUT2D eigenvalue weighted by atomic mass is 10.0. The highest BCUT2D eigenvalue weighted by Gasteiger charge is 2.19. The molecule has 0 amide bonds. The van der Waals surface area contributed by atoms with Gasteiger partial charge in [-0.05, 0) is 42.0 Å². The van der Waals surface area contributed by atoms with Crippen LogP contribution in [0.25, 0.3) is 38.3 Å². The van der Waals surface area contributed by atoms with Crippen LogP contribution in [0, 0.1) is 12.4 Å². The molecule has 0 aliphatic carbocycles. The van der Waals surface area contributed by atoms with E-state index < -0.39 is 0 Å². The van der Waals surface area contributed by atoms with E-state index >= 15 is 0 Å². The molecule has 3 heterocycles. The molecule has 0 unspecified atom stereocenters. The zero-order valence-electron chi connectivity index (χ0n) is 12.5. The Morgan fingerprint density at radius 3 is 2.54 bits per heavy atom. The van der Waals surface area contributed by atoms with Crippen LogP contribution in [0.1, 0.15) is 0 Å². The fraction of sp³-hybridized carbons (Fsp3) is 0. The van der Waals surface area contributed by atoms with Crippen molar-refractivity contribution < 1.29 is 4.39 Å². The highest BCUT2D eigenvalue weighted by molar-refractivity contribution is 6.02. The molecule has 1 aromatic carbocycles. The van der Waals surface area contributed by atoms with E-state index in [-0.39, 0.29) is 5.82 Å². The summed E-state index contributed by atoms with van der Waals surface area (Å²) < 4.78 is 13.3. The van der Waals surface area contributed by atoms with Crippen molar-refractivity contribution in [2.24, 2.45) is 0 Å². The average Bonchev–Trinajstić information content (AvgIpc) is 3.01. The second-order valence-corrected chi connectivity index (χ2v) is 5.30. The predicted molar refractivity (Wildman–Crippen MR) is 91.0 cm³/mol. The van der Waals surface area contributed by atoms with Crippen LogP contribution in [0.4, 0.5) is 10.2 Å². The maximum absolute atomic E-state index is 13.3. The molecule has 1 N–H and O–H groups in total. The fourth-order valence-electron chi connectivity index (χ4n) is 2.74. The Labute approximate surface area is 137 Å². The van der Waals surface area contributed by atoms with Gasteiger partial charge < -0.3 is 9.83 Å². The molecule has 114 valence electrons. The summed E-state index contributed by atoms with van der Waals surface area (Å²) in [5, 5.41) is 0. The largest absolute Gasteiger partial charge is 0.361 e. The zero-order chi connectivity index (χ0) is 16.5. The molecule has 3 aromatic heterocycles. The highest BCUT2D eigenvalue weighted by Crippen LogP contribution is 2.37. The Morgan fingerprint density at radius 1 is 1.00 bits per heavy atom. The van der Waals surface area contributed by atoms with Gasteiger partial charge in [-0.1, -0.05) is 18.7 Å². The van der Waals surface area contributed by atoms with Gasteiger partial charge in [0.2, 0.25) is 0 Å². The third-order valence-electron chi connectivity index (χ3n) is 3.82. The predicted octanol–water partition coefficient (Wildman–Crippen LogP) is 4.98. The van der Waals surface area contributed by atoms with Crippen LogP contribution in [-0.4, -0.2) is 15.0 Å². The van der Waals surface area contributed by atoms with Crippen molar-refractivity contribution in [3.8, 4) is 22.4 Å². The normalized spacial score (nSPS) is 10.7. The number of hydrogen-bond donors (Lipinski definition) is 1. The number of fused-ring (bicyclic) bond motifs is 1. The number of rotatable bonds is 2. The highest BCUT2D eigenvalue weighted by atomic mass is 19.1. The molecule has 0 saturated carbocycles. The van der Waals surface area contributed by atoms with Crippen molar-refractivity contribution in [2.75, 3.05) is 0 Å². The topological polar surface area (TPSA) is 45.9 Å². The van der Waals surface area contributed by atoms with Crippen molar-refractivity contribution in [2.45, 2.75) is 0 Å². The number of aromatic amines is 1. The molecule has 0 saturated heterocycles. The monoisotopic (exact) mass is 314 g/mol. The van der Waals surface area contributed by atoms with E-state index in [1.807, 2.05) is 18.2 Å². The molecule has 24 heavy (non-hydrogen) atoms. The molecule has 0 radical (unpaired) electrons. The first-order chi connectivity index (χ1) is 11.8. The number of halogens is 1. The van der Waals surface area contributed by atoms with Gasteiger partial charge in [0.15, 0.2) is 5.52 Å². The maximum Gasteiger partial charge on any atom is 0.270 e. The van der Waals surface area contributed by atoms with E-state index in [4.69, 9.17) is 6.57 Å². The number of hydrogen-bond acceptors (Lipinski definition) is 2. The SMILES string of the molecule is [C-]#[N+]c1ccc2[nH]c(-c3cccnc3)c(-c3ccc(F)cc3)c2n1. The molecule has 4 nitrogen and oxygen atoms in total. The van der Waals surface area contributed by atoms with Gasteiger partial charge in [-0.15, -0.1) is 4.98 Å². The Bertz CT molecular complexity index is 1060. The first-order valence-electron chi connectivity index (χ1n) is 7.33. The molecule has 4 rings (SSSR count). The minimum Gasteiger partial charge on any atom is -0.361 e.